The van der Waals surface area contributed by atoms with E-state index in [1.165, 1.54) is 0 Å². The third-order valence-electron chi connectivity index (χ3n) is 3.41. The van der Waals surface area contributed by atoms with Gasteiger partial charge in [-0.25, -0.2) is 0 Å². The molecule has 2 N–H and O–H groups in total. The first-order valence-electron chi connectivity index (χ1n) is 7.92. The van der Waals surface area contributed by atoms with Crippen molar-refractivity contribution in [2.24, 2.45) is 10.4 Å². The molecule has 0 fully saturated rings. The zero-order chi connectivity index (χ0) is 16.4. The molecule has 0 saturated heterocycles. The lowest BCUT2D eigenvalue weighted by Crippen LogP contribution is -2.40. The van der Waals surface area contributed by atoms with Crippen molar-refractivity contribution >= 4 is 29.9 Å². The molecule has 1 heterocycles. The average Bonchev–Trinajstić information content (AvgIpc) is 2.47. The molecular weight excluding hydrogens is 403 g/mol. The standard InChI is InChI=1S/C17H30N4O.HI/c1-6-18-16(21-13-15(22-5)17(2,3)4)20-12-10-14-9-7-8-11-19-14;/h7-9,11,15H,6,10,12-13H2,1-5H3,(H2,18,20,21);1H. The topological polar surface area (TPSA) is 58.5 Å². The summed E-state index contributed by atoms with van der Waals surface area (Å²) in [6.45, 7) is 10.8. The molecular formula is C17H31IN4O. The first-order valence-corrected chi connectivity index (χ1v) is 7.92. The van der Waals surface area contributed by atoms with Crippen LogP contribution in [0.1, 0.15) is 33.4 Å². The summed E-state index contributed by atoms with van der Waals surface area (Å²) in [5.74, 6) is 0.824. The molecule has 1 aromatic rings. The van der Waals surface area contributed by atoms with E-state index in [1.807, 2.05) is 24.4 Å². The fraction of sp³-hybridized carbons (Fsp3) is 0.647. The lowest BCUT2D eigenvalue weighted by molar-refractivity contribution is 0.0241. The summed E-state index contributed by atoms with van der Waals surface area (Å²) >= 11 is 0. The van der Waals surface area contributed by atoms with E-state index in [0.29, 0.717) is 6.54 Å². The van der Waals surface area contributed by atoms with E-state index in [9.17, 15) is 0 Å². The summed E-state index contributed by atoms with van der Waals surface area (Å²) in [5, 5.41) is 6.61. The van der Waals surface area contributed by atoms with Crippen LogP contribution >= 0.6 is 24.0 Å². The summed E-state index contributed by atoms with van der Waals surface area (Å²) in [5.41, 5.74) is 1.15. The first kappa shape index (κ1) is 22.1. The molecule has 0 aliphatic rings. The Balaban J connectivity index is 0.00000484. The predicted octanol–water partition coefficient (Wildman–Crippen LogP) is 2.86. The van der Waals surface area contributed by atoms with Gasteiger partial charge in [-0.15, -0.1) is 24.0 Å². The van der Waals surface area contributed by atoms with E-state index in [-0.39, 0.29) is 35.5 Å². The maximum atomic E-state index is 5.54. The highest BCUT2D eigenvalue weighted by atomic mass is 127. The third kappa shape index (κ3) is 9.10. The summed E-state index contributed by atoms with van der Waals surface area (Å²) < 4.78 is 5.54. The Morgan fingerprint density at radius 2 is 2.04 bits per heavy atom. The van der Waals surface area contributed by atoms with Gasteiger partial charge in [-0.3, -0.25) is 9.98 Å². The number of rotatable bonds is 7. The molecule has 0 saturated carbocycles. The molecule has 5 nitrogen and oxygen atoms in total. The molecule has 132 valence electrons. The minimum atomic E-state index is 0. The summed E-state index contributed by atoms with van der Waals surface area (Å²) in [6, 6.07) is 5.97. The van der Waals surface area contributed by atoms with Gasteiger partial charge in [0.2, 0.25) is 0 Å². The number of nitrogens with zero attached hydrogens (tertiary/aromatic N) is 2. The largest absolute Gasteiger partial charge is 0.379 e. The van der Waals surface area contributed by atoms with Gasteiger partial charge in [0.1, 0.15) is 0 Å². The molecule has 0 bridgehead atoms. The van der Waals surface area contributed by atoms with Crippen LogP contribution in [-0.2, 0) is 11.2 Å². The second-order valence-electron chi connectivity index (χ2n) is 6.31. The molecule has 0 radical (unpaired) electrons. The number of aromatic nitrogens is 1. The first-order chi connectivity index (χ1) is 10.5. The summed E-state index contributed by atoms with van der Waals surface area (Å²) in [7, 11) is 1.74. The zero-order valence-electron chi connectivity index (χ0n) is 14.9. The number of pyridine rings is 1. The number of methoxy groups -OCH3 is 1. The molecule has 0 aromatic carbocycles. The molecule has 1 rings (SSSR count). The maximum absolute atomic E-state index is 5.54. The lowest BCUT2D eigenvalue weighted by atomic mass is 9.89. The number of nitrogens with one attached hydrogen (secondary N) is 2. The Kier molecular flexibility index (Phi) is 11.2. The number of ether oxygens (including phenoxy) is 1. The molecule has 1 unspecified atom stereocenters. The van der Waals surface area contributed by atoms with E-state index < -0.39 is 0 Å². The van der Waals surface area contributed by atoms with E-state index in [1.54, 1.807) is 7.11 Å². The molecule has 0 aliphatic heterocycles. The Hall–Kier alpha value is -0.890. The normalized spacial score (nSPS) is 13.2. The van der Waals surface area contributed by atoms with Crippen LogP contribution in [0, 0.1) is 5.41 Å². The Labute approximate surface area is 157 Å². The van der Waals surface area contributed by atoms with Gasteiger partial charge in [-0.2, -0.15) is 0 Å². The Morgan fingerprint density at radius 1 is 1.30 bits per heavy atom. The van der Waals surface area contributed by atoms with Gasteiger partial charge in [-0.1, -0.05) is 26.8 Å². The Bertz CT molecular complexity index is 446. The highest BCUT2D eigenvalue weighted by Crippen LogP contribution is 2.21. The minimum absolute atomic E-state index is 0. The second-order valence-corrected chi connectivity index (χ2v) is 6.31. The Morgan fingerprint density at radius 3 is 2.57 bits per heavy atom. The SMILES string of the molecule is CCNC(=NCC(OC)C(C)(C)C)NCCc1ccccn1.I. The van der Waals surface area contributed by atoms with Gasteiger partial charge in [0.25, 0.3) is 0 Å². The molecule has 1 atom stereocenters. The fourth-order valence-electron chi connectivity index (χ4n) is 2.07. The van der Waals surface area contributed by atoms with Crippen molar-refractivity contribution in [1.29, 1.82) is 0 Å². The number of hydrogen-bond donors (Lipinski definition) is 2. The average molecular weight is 434 g/mol. The van der Waals surface area contributed by atoms with Gasteiger partial charge >= 0.3 is 0 Å². The molecule has 0 amide bonds. The zero-order valence-corrected chi connectivity index (χ0v) is 17.3. The number of hydrogen-bond acceptors (Lipinski definition) is 3. The molecule has 1 aromatic heterocycles. The van der Waals surface area contributed by atoms with Crippen molar-refractivity contribution in [1.82, 2.24) is 15.6 Å². The van der Waals surface area contributed by atoms with Gasteiger partial charge in [-0.05, 0) is 24.5 Å². The second kappa shape index (κ2) is 11.6. The smallest absolute Gasteiger partial charge is 0.191 e. The lowest BCUT2D eigenvalue weighted by Gasteiger charge is -2.28. The van der Waals surface area contributed by atoms with Crippen LogP contribution in [0.15, 0.2) is 29.4 Å². The summed E-state index contributed by atoms with van der Waals surface area (Å²) in [6.07, 6.45) is 2.79. The fourth-order valence-corrected chi connectivity index (χ4v) is 2.07. The highest BCUT2D eigenvalue weighted by Gasteiger charge is 2.23. The quantitative estimate of drug-likeness (QED) is 0.394. The van der Waals surface area contributed by atoms with Gasteiger partial charge < -0.3 is 15.4 Å². The number of guanidine groups is 1. The molecule has 0 spiro atoms. The minimum Gasteiger partial charge on any atom is -0.379 e. The van der Waals surface area contributed by atoms with Crippen LogP contribution < -0.4 is 10.6 Å². The van der Waals surface area contributed by atoms with E-state index in [2.05, 4.69) is 48.3 Å². The van der Waals surface area contributed by atoms with Crippen molar-refractivity contribution in [2.75, 3.05) is 26.7 Å². The van der Waals surface area contributed by atoms with Crippen LogP contribution in [0.5, 0.6) is 0 Å². The van der Waals surface area contributed by atoms with Gasteiger partial charge in [0.15, 0.2) is 5.96 Å². The number of halogens is 1. The van der Waals surface area contributed by atoms with Crippen LogP contribution in [0.2, 0.25) is 0 Å². The third-order valence-corrected chi connectivity index (χ3v) is 3.41. The predicted molar refractivity (Wildman–Crippen MR) is 108 cm³/mol. The van der Waals surface area contributed by atoms with Crippen molar-refractivity contribution in [3.63, 3.8) is 0 Å². The maximum Gasteiger partial charge on any atom is 0.191 e. The van der Waals surface area contributed by atoms with E-state index in [4.69, 9.17) is 4.74 Å². The molecule has 0 aliphatic carbocycles. The van der Waals surface area contributed by atoms with E-state index in [0.717, 1.165) is 31.2 Å². The van der Waals surface area contributed by atoms with Gasteiger partial charge in [0.05, 0.1) is 12.6 Å². The van der Waals surface area contributed by atoms with Crippen molar-refractivity contribution in [2.45, 2.75) is 40.2 Å². The number of aliphatic imine (C=N–C) groups is 1. The summed E-state index contributed by atoms with van der Waals surface area (Å²) in [4.78, 5) is 8.95. The van der Waals surface area contributed by atoms with Crippen LogP contribution in [0.25, 0.3) is 0 Å². The van der Waals surface area contributed by atoms with E-state index >= 15 is 0 Å². The molecule has 23 heavy (non-hydrogen) atoms. The van der Waals surface area contributed by atoms with Crippen molar-refractivity contribution in [3.8, 4) is 0 Å². The molecule has 6 heteroatoms. The van der Waals surface area contributed by atoms with Crippen molar-refractivity contribution in [3.05, 3.63) is 30.1 Å². The highest BCUT2D eigenvalue weighted by molar-refractivity contribution is 14.0. The van der Waals surface area contributed by atoms with Gasteiger partial charge in [0, 0.05) is 38.5 Å². The van der Waals surface area contributed by atoms with Crippen LogP contribution in [0.3, 0.4) is 0 Å². The van der Waals surface area contributed by atoms with Crippen LogP contribution in [-0.4, -0.2) is 43.8 Å². The van der Waals surface area contributed by atoms with Crippen LogP contribution in [0.4, 0.5) is 0 Å². The monoisotopic (exact) mass is 434 g/mol. The van der Waals surface area contributed by atoms with Crippen molar-refractivity contribution < 1.29 is 4.74 Å².